The molecule has 0 aliphatic rings. The van der Waals surface area contributed by atoms with E-state index in [9.17, 15) is 0 Å². The van der Waals surface area contributed by atoms with Gasteiger partial charge in [0.2, 0.25) is 0 Å². The fourth-order valence-electron chi connectivity index (χ4n) is 9.46. The van der Waals surface area contributed by atoms with E-state index in [2.05, 4.69) is 215 Å². The fraction of sp³-hybridized carbons (Fsp3) is 0.0769. The zero-order chi connectivity index (χ0) is 47.7. The summed E-state index contributed by atoms with van der Waals surface area (Å²) in [4.78, 5) is 0. The normalized spacial score (nSPS) is 11.2. The van der Waals surface area contributed by atoms with Gasteiger partial charge < -0.3 is 13.4 Å². The highest BCUT2D eigenvalue weighted by atomic mass is 32.1. The summed E-state index contributed by atoms with van der Waals surface area (Å²) in [5.41, 5.74) is 11.7. The van der Waals surface area contributed by atoms with Crippen LogP contribution in [-0.4, -0.2) is 4.57 Å². The van der Waals surface area contributed by atoms with Crippen molar-refractivity contribution in [3.05, 3.63) is 241 Å². The first-order chi connectivity index (χ1) is 34.3. The van der Waals surface area contributed by atoms with Crippen molar-refractivity contribution in [2.75, 3.05) is 0 Å². The quantitative estimate of drug-likeness (QED) is 0.152. The van der Waals surface area contributed by atoms with Gasteiger partial charge in [0.05, 0.1) is 0 Å². The Morgan fingerprint density at radius 3 is 1.29 bits per heavy atom. The molecule has 3 nitrogen and oxygen atoms in total. The number of thiophene rings is 2. The minimum absolute atomic E-state index is 0.966. The Kier molecular flexibility index (Phi) is 12.2. The number of para-hydroxylation sites is 4. The molecule has 0 atom stereocenters. The molecule has 10 aromatic carbocycles. The molecule has 0 N–H and O–H groups in total. The first-order valence-electron chi connectivity index (χ1n) is 23.7. The molecule has 0 unspecified atom stereocenters. The summed E-state index contributed by atoms with van der Waals surface area (Å²) in [6.45, 7) is 8.46. The van der Waals surface area contributed by atoms with Crippen LogP contribution in [0.2, 0.25) is 0 Å². The highest BCUT2D eigenvalue weighted by molar-refractivity contribution is 7.26. The number of nitrogens with zero attached hydrogens (tertiary/aromatic N) is 1. The summed E-state index contributed by atoms with van der Waals surface area (Å²) in [5, 5.41) is 13.0. The van der Waals surface area contributed by atoms with Crippen LogP contribution >= 0.6 is 22.7 Å². The molecule has 5 heterocycles. The molecular formula is C65H51NO2S2. The Bertz CT molecular complexity index is 4040. The number of furan rings is 2. The van der Waals surface area contributed by atoms with Gasteiger partial charge in [0, 0.05) is 90.7 Å². The van der Waals surface area contributed by atoms with Crippen LogP contribution in [0.25, 0.3) is 106 Å². The standard InChI is InChI=1S/C13H11N.2C13H10O.2C13H10S/c1-14-12-8-4-2-6-10(12)11-7-3-5-9-13(11)14;1-9-6-7-13-11(8-9)10-4-2-3-5-12(10)14-13;1-9-6-7-11-10-4-2-3-5-12(10)14-13(11)8-9;1-9-6-7-13-11(8-9)10-4-2-3-5-12(10)14-13;1-9-6-7-11-10-4-2-3-5-12(10)14-13(11)8-9/h2-9H,1H3;4*2-8H,1H3. The molecule has 0 saturated carbocycles. The zero-order valence-corrected chi connectivity index (χ0v) is 41.5. The Morgan fingerprint density at radius 1 is 0.271 bits per heavy atom. The van der Waals surface area contributed by atoms with Crippen LogP contribution in [-0.2, 0) is 7.05 Å². The molecular weight excluding hydrogens is 891 g/mol. The fourth-order valence-corrected chi connectivity index (χ4v) is 11.8. The summed E-state index contributed by atoms with van der Waals surface area (Å²) < 4.78 is 19.2. The van der Waals surface area contributed by atoms with Crippen LogP contribution < -0.4 is 0 Å². The molecule has 15 aromatic rings. The van der Waals surface area contributed by atoms with E-state index in [0.29, 0.717) is 0 Å². The first-order valence-corrected chi connectivity index (χ1v) is 25.3. The minimum atomic E-state index is 0.966. The van der Waals surface area contributed by atoms with Gasteiger partial charge in [0.15, 0.2) is 0 Å². The Balaban J connectivity index is 0.0000000952. The lowest BCUT2D eigenvalue weighted by molar-refractivity contribution is 0.668. The summed E-state index contributed by atoms with van der Waals surface area (Å²) in [6, 6.07) is 76.4. The number of aryl methyl sites for hydroxylation is 5. The second kappa shape index (κ2) is 19.2. The lowest BCUT2D eigenvalue weighted by atomic mass is 10.1. The Labute approximate surface area is 415 Å². The number of benzene rings is 10. The monoisotopic (exact) mass is 941 g/mol. The van der Waals surface area contributed by atoms with Gasteiger partial charge in [0.1, 0.15) is 22.3 Å². The van der Waals surface area contributed by atoms with Crippen molar-refractivity contribution in [3.8, 4) is 0 Å². The summed E-state index contributed by atoms with van der Waals surface area (Å²) in [5.74, 6) is 0. The van der Waals surface area contributed by atoms with Gasteiger partial charge in [-0.3, -0.25) is 0 Å². The Morgan fingerprint density at radius 2 is 0.643 bits per heavy atom. The maximum atomic E-state index is 5.73. The molecule has 0 saturated heterocycles. The molecule has 0 spiro atoms. The molecule has 0 bridgehead atoms. The van der Waals surface area contributed by atoms with Crippen LogP contribution in [0.4, 0.5) is 0 Å². The van der Waals surface area contributed by atoms with Crippen LogP contribution in [0.5, 0.6) is 0 Å². The maximum absolute atomic E-state index is 5.73. The molecule has 5 heteroatoms. The number of hydrogen-bond acceptors (Lipinski definition) is 4. The van der Waals surface area contributed by atoms with Crippen molar-refractivity contribution >= 4 is 129 Å². The van der Waals surface area contributed by atoms with Crippen molar-refractivity contribution in [1.29, 1.82) is 0 Å². The third-order valence-corrected chi connectivity index (χ3v) is 15.2. The van der Waals surface area contributed by atoms with Crippen molar-refractivity contribution in [1.82, 2.24) is 4.57 Å². The molecule has 5 aromatic heterocycles. The Hall–Kier alpha value is -7.96. The topological polar surface area (TPSA) is 31.2 Å². The van der Waals surface area contributed by atoms with Gasteiger partial charge in [-0.2, -0.15) is 0 Å². The van der Waals surface area contributed by atoms with Crippen molar-refractivity contribution in [2.24, 2.45) is 7.05 Å². The van der Waals surface area contributed by atoms with E-state index in [0.717, 1.165) is 22.3 Å². The minimum Gasteiger partial charge on any atom is -0.456 e. The highest BCUT2D eigenvalue weighted by Crippen LogP contribution is 2.36. The third kappa shape index (κ3) is 8.82. The van der Waals surface area contributed by atoms with Crippen LogP contribution in [0.3, 0.4) is 0 Å². The molecule has 15 rings (SSSR count). The largest absolute Gasteiger partial charge is 0.456 e. The van der Waals surface area contributed by atoms with Gasteiger partial charge in [-0.25, -0.2) is 0 Å². The molecule has 0 radical (unpaired) electrons. The smallest absolute Gasteiger partial charge is 0.135 e. The molecule has 0 fully saturated rings. The lowest BCUT2D eigenvalue weighted by Crippen LogP contribution is -1.84. The molecule has 0 amide bonds. The van der Waals surface area contributed by atoms with E-state index >= 15 is 0 Å². The second-order valence-electron chi connectivity index (χ2n) is 18.0. The van der Waals surface area contributed by atoms with Crippen molar-refractivity contribution in [3.63, 3.8) is 0 Å². The lowest BCUT2D eigenvalue weighted by Gasteiger charge is -1.95. The molecule has 340 valence electrons. The zero-order valence-electron chi connectivity index (χ0n) is 39.9. The van der Waals surface area contributed by atoms with Crippen molar-refractivity contribution < 1.29 is 8.83 Å². The summed E-state index contributed by atoms with van der Waals surface area (Å²) in [6.07, 6.45) is 0. The van der Waals surface area contributed by atoms with Gasteiger partial charge >= 0.3 is 0 Å². The number of fused-ring (bicyclic) bond motifs is 15. The predicted octanol–water partition coefficient (Wildman–Crippen LogP) is 19.8. The first kappa shape index (κ1) is 44.5. The molecule has 70 heavy (non-hydrogen) atoms. The predicted molar refractivity (Wildman–Crippen MR) is 305 cm³/mol. The van der Waals surface area contributed by atoms with E-state index < -0.39 is 0 Å². The van der Waals surface area contributed by atoms with Crippen LogP contribution in [0.15, 0.2) is 227 Å². The van der Waals surface area contributed by atoms with Gasteiger partial charge in [-0.15, -0.1) is 22.7 Å². The van der Waals surface area contributed by atoms with Crippen LogP contribution in [0, 0.1) is 27.7 Å². The van der Waals surface area contributed by atoms with E-state index in [1.54, 1.807) is 0 Å². The van der Waals surface area contributed by atoms with E-state index in [4.69, 9.17) is 8.83 Å². The van der Waals surface area contributed by atoms with Crippen molar-refractivity contribution in [2.45, 2.75) is 27.7 Å². The van der Waals surface area contributed by atoms with E-state index in [1.807, 2.05) is 65.1 Å². The van der Waals surface area contributed by atoms with E-state index in [1.165, 1.54) is 106 Å². The van der Waals surface area contributed by atoms with Gasteiger partial charge in [-0.05, 0) is 112 Å². The van der Waals surface area contributed by atoms with E-state index in [-0.39, 0.29) is 0 Å². The molecule has 0 aliphatic heterocycles. The summed E-state index contributed by atoms with van der Waals surface area (Å²) >= 11 is 3.75. The van der Waals surface area contributed by atoms with Gasteiger partial charge in [-0.1, -0.05) is 157 Å². The maximum Gasteiger partial charge on any atom is 0.135 e. The van der Waals surface area contributed by atoms with Crippen LogP contribution in [0.1, 0.15) is 22.3 Å². The molecule has 0 aliphatic carbocycles. The average Bonchev–Trinajstić information content (AvgIpc) is 4.20. The third-order valence-electron chi connectivity index (χ3n) is 13.0. The number of hydrogen-bond donors (Lipinski definition) is 0. The number of rotatable bonds is 0. The second-order valence-corrected chi connectivity index (χ2v) is 20.2. The van der Waals surface area contributed by atoms with Gasteiger partial charge in [0.25, 0.3) is 0 Å². The average molecular weight is 942 g/mol. The SMILES string of the molecule is Cc1ccc2c(c1)oc1ccccc12.Cc1ccc2c(c1)sc1ccccc12.Cc1ccc2oc3ccccc3c2c1.Cc1ccc2sc3ccccc3c2c1.Cn1c2ccccc2c2ccccc21. The number of aromatic nitrogens is 1. The summed E-state index contributed by atoms with van der Waals surface area (Å²) in [7, 11) is 2.12. The highest BCUT2D eigenvalue weighted by Gasteiger charge is 2.08.